The Labute approximate surface area is 140 Å². The molecule has 23 heavy (non-hydrogen) atoms. The molecule has 2 aromatic rings. The fraction of sp³-hybridized carbons (Fsp3) is 0.188. The fourth-order valence-electron chi connectivity index (χ4n) is 2.10. The summed E-state index contributed by atoms with van der Waals surface area (Å²) >= 11 is 6.09. The van der Waals surface area contributed by atoms with E-state index in [1.54, 1.807) is 24.3 Å². The van der Waals surface area contributed by atoms with Gasteiger partial charge < -0.3 is 5.11 Å². The van der Waals surface area contributed by atoms with Gasteiger partial charge in [-0.15, -0.1) is 0 Å². The highest BCUT2D eigenvalue weighted by Crippen LogP contribution is 2.32. The summed E-state index contributed by atoms with van der Waals surface area (Å²) in [6.45, 7) is 3.14. The molecule has 7 heteroatoms. The van der Waals surface area contributed by atoms with Crippen molar-refractivity contribution in [1.29, 1.82) is 0 Å². The van der Waals surface area contributed by atoms with Crippen LogP contribution in [0.5, 0.6) is 0 Å². The first-order valence-corrected chi connectivity index (χ1v) is 8.65. The van der Waals surface area contributed by atoms with Gasteiger partial charge in [0.2, 0.25) is 0 Å². The standard InChI is InChI=1S/C16H16ClNO4S/c1-11-7-9-13(10-8-11)23(21,22)18(12(2)16(19)20)15-6-4-3-5-14(15)17/h3-10,12H,1-2H3,(H,19,20). The van der Waals surface area contributed by atoms with Crippen molar-refractivity contribution in [3.05, 3.63) is 59.1 Å². The number of para-hydroxylation sites is 1. The molecule has 122 valence electrons. The Morgan fingerprint density at radius 1 is 1.13 bits per heavy atom. The quantitative estimate of drug-likeness (QED) is 0.894. The van der Waals surface area contributed by atoms with Crippen LogP contribution < -0.4 is 4.31 Å². The number of anilines is 1. The maximum atomic E-state index is 12.9. The summed E-state index contributed by atoms with van der Waals surface area (Å²) in [7, 11) is -4.07. The Morgan fingerprint density at radius 2 is 1.70 bits per heavy atom. The zero-order chi connectivity index (χ0) is 17.2. The van der Waals surface area contributed by atoms with Gasteiger partial charge in [-0.3, -0.25) is 4.31 Å². The minimum atomic E-state index is -4.07. The van der Waals surface area contributed by atoms with Gasteiger partial charge in [0, 0.05) is 0 Å². The molecule has 1 N–H and O–H groups in total. The molecule has 2 aromatic carbocycles. The van der Waals surface area contributed by atoms with E-state index >= 15 is 0 Å². The van der Waals surface area contributed by atoms with Gasteiger partial charge in [-0.2, -0.15) is 0 Å². The lowest BCUT2D eigenvalue weighted by atomic mass is 10.2. The van der Waals surface area contributed by atoms with E-state index in [1.807, 2.05) is 6.92 Å². The first-order chi connectivity index (χ1) is 10.7. The van der Waals surface area contributed by atoms with E-state index in [-0.39, 0.29) is 15.6 Å². The number of carboxylic acids is 1. The molecule has 5 nitrogen and oxygen atoms in total. The highest BCUT2D eigenvalue weighted by molar-refractivity contribution is 7.93. The van der Waals surface area contributed by atoms with Crippen LogP contribution in [-0.2, 0) is 14.8 Å². The number of hydrogen-bond acceptors (Lipinski definition) is 3. The van der Waals surface area contributed by atoms with Crippen molar-refractivity contribution >= 4 is 33.3 Å². The van der Waals surface area contributed by atoms with Crippen LogP contribution in [0.3, 0.4) is 0 Å². The van der Waals surface area contributed by atoms with Crippen molar-refractivity contribution in [3.8, 4) is 0 Å². The van der Waals surface area contributed by atoms with Gasteiger partial charge in [0.1, 0.15) is 6.04 Å². The molecule has 0 aromatic heterocycles. The average molecular weight is 354 g/mol. The van der Waals surface area contributed by atoms with Crippen LogP contribution in [-0.4, -0.2) is 25.5 Å². The zero-order valence-electron chi connectivity index (χ0n) is 12.6. The van der Waals surface area contributed by atoms with Crippen molar-refractivity contribution in [2.75, 3.05) is 4.31 Å². The smallest absolute Gasteiger partial charge is 0.327 e. The Balaban J connectivity index is 2.64. The van der Waals surface area contributed by atoms with E-state index in [1.165, 1.54) is 31.2 Å². The lowest BCUT2D eigenvalue weighted by Crippen LogP contribution is -2.43. The number of benzene rings is 2. The van der Waals surface area contributed by atoms with E-state index < -0.39 is 22.0 Å². The second-order valence-electron chi connectivity index (χ2n) is 5.08. The monoisotopic (exact) mass is 353 g/mol. The van der Waals surface area contributed by atoms with Crippen molar-refractivity contribution < 1.29 is 18.3 Å². The van der Waals surface area contributed by atoms with Gasteiger partial charge in [-0.1, -0.05) is 41.4 Å². The minimum Gasteiger partial charge on any atom is -0.480 e. The van der Waals surface area contributed by atoms with E-state index in [9.17, 15) is 18.3 Å². The summed E-state index contributed by atoms with van der Waals surface area (Å²) in [6, 6.07) is 11.2. The van der Waals surface area contributed by atoms with Gasteiger partial charge in [0.15, 0.2) is 0 Å². The molecule has 1 atom stereocenters. The Kier molecular flexibility index (Phi) is 4.97. The highest BCUT2D eigenvalue weighted by atomic mass is 35.5. The molecule has 0 saturated carbocycles. The fourth-order valence-corrected chi connectivity index (χ4v) is 4.01. The molecule has 0 radical (unpaired) electrons. The highest BCUT2D eigenvalue weighted by Gasteiger charge is 2.34. The SMILES string of the molecule is Cc1ccc(S(=O)(=O)N(c2ccccc2Cl)C(C)C(=O)O)cc1. The average Bonchev–Trinajstić information content (AvgIpc) is 2.49. The first kappa shape index (κ1) is 17.3. The van der Waals surface area contributed by atoms with Gasteiger partial charge in [0.05, 0.1) is 15.6 Å². The maximum absolute atomic E-state index is 12.9. The normalized spacial score (nSPS) is 12.7. The molecule has 0 saturated heterocycles. The summed E-state index contributed by atoms with van der Waals surface area (Å²) in [5.41, 5.74) is 1.03. The Bertz CT molecular complexity index is 818. The van der Waals surface area contributed by atoms with Crippen molar-refractivity contribution in [2.24, 2.45) is 0 Å². The second kappa shape index (κ2) is 6.60. The lowest BCUT2D eigenvalue weighted by Gasteiger charge is -2.28. The van der Waals surface area contributed by atoms with Gasteiger partial charge in [-0.25, -0.2) is 13.2 Å². The lowest BCUT2D eigenvalue weighted by molar-refractivity contribution is -0.137. The number of aryl methyl sites for hydroxylation is 1. The van der Waals surface area contributed by atoms with E-state index in [0.717, 1.165) is 9.87 Å². The predicted molar refractivity (Wildman–Crippen MR) is 89.4 cm³/mol. The molecule has 0 aliphatic rings. The molecule has 0 bridgehead atoms. The molecule has 2 rings (SSSR count). The third-order valence-corrected chi connectivity index (χ3v) is 5.60. The summed E-state index contributed by atoms with van der Waals surface area (Å²) in [4.78, 5) is 11.4. The largest absolute Gasteiger partial charge is 0.480 e. The third-order valence-electron chi connectivity index (χ3n) is 3.38. The number of sulfonamides is 1. The van der Waals surface area contributed by atoms with Gasteiger partial charge in [0.25, 0.3) is 10.0 Å². The van der Waals surface area contributed by atoms with E-state index in [0.29, 0.717) is 0 Å². The molecular formula is C16H16ClNO4S. The van der Waals surface area contributed by atoms with Gasteiger partial charge >= 0.3 is 5.97 Å². The van der Waals surface area contributed by atoms with Gasteiger partial charge in [-0.05, 0) is 38.1 Å². The van der Waals surface area contributed by atoms with Crippen LogP contribution in [0.15, 0.2) is 53.4 Å². The maximum Gasteiger partial charge on any atom is 0.327 e. The number of nitrogens with zero attached hydrogens (tertiary/aromatic N) is 1. The second-order valence-corrected chi connectivity index (χ2v) is 7.30. The number of rotatable bonds is 5. The van der Waals surface area contributed by atoms with Crippen molar-refractivity contribution in [2.45, 2.75) is 24.8 Å². The summed E-state index contributed by atoms with van der Waals surface area (Å²) < 4.78 is 26.7. The molecule has 0 spiro atoms. The Hall–Kier alpha value is -2.05. The Morgan fingerprint density at radius 3 is 2.22 bits per heavy atom. The predicted octanol–water partition coefficient (Wildman–Crippen LogP) is 3.32. The van der Waals surface area contributed by atoms with E-state index in [2.05, 4.69) is 0 Å². The van der Waals surface area contributed by atoms with E-state index in [4.69, 9.17) is 11.6 Å². The number of halogens is 1. The molecule has 0 aliphatic heterocycles. The van der Waals surface area contributed by atoms with Crippen LogP contribution in [0.2, 0.25) is 5.02 Å². The number of hydrogen-bond donors (Lipinski definition) is 1. The van der Waals surface area contributed by atoms with Crippen molar-refractivity contribution in [3.63, 3.8) is 0 Å². The van der Waals surface area contributed by atoms with Crippen LogP contribution in [0.1, 0.15) is 12.5 Å². The van der Waals surface area contributed by atoms with Crippen LogP contribution in [0, 0.1) is 6.92 Å². The van der Waals surface area contributed by atoms with Crippen LogP contribution in [0.25, 0.3) is 0 Å². The van der Waals surface area contributed by atoms with Crippen molar-refractivity contribution in [1.82, 2.24) is 0 Å². The molecule has 0 amide bonds. The number of aliphatic carboxylic acids is 1. The number of carbonyl (C=O) groups is 1. The minimum absolute atomic E-state index is 0.0103. The summed E-state index contributed by atoms with van der Waals surface area (Å²) in [6.07, 6.45) is 0. The van der Waals surface area contributed by atoms with Crippen LogP contribution >= 0.6 is 11.6 Å². The molecule has 1 unspecified atom stereocenters. The summed E-state index contributed by atoms with van der Waals surface area (Å²) in [5, 5.41) is 9.47. The molecule has 0 aliphatic carbocycles. The molecular weight excluding hydrogens is 338 g/mol. The third kappa shape index (κ3) is 3.48. The first-order valence-electron chi connectivity index (χ1n) is 6.83. The zero-order valence-corrected chi connectivity index (χ0v) is 14.2. The number of carboxylic acid groups (broad SMARTS) is 1. The van der Waals surface area contributed by atoms with Crippen LogP contribution in [0.4, 0.5) is 5.69 Å². The molecule has 0 heterocycles. The summed E-state index contributed by atoms with van der Waals surface area (Å²) in [5.74, 6) is -1.26. The molecule has 0 fully saturated rings. The topological polar surface area (TPSA) is 74.7 Å².